The van der Waals surface area contributed by atoms with Gasteiger partial charge in [0.1, 0.15) is 5.75 Å². The standard InChI is InChI=1S/C11H14O/c1-8-3-2-4-9-5-6-10(12)7-11(8)9/h5-8,12H,2-4H2,1H3/t8-/m0/s1. The van der Waals surface area contributed by atoms with Gasteiger partial charge in [0.05, 0.1) is 0 Å². The summed E-state index contributed by atoms with van der Waals surface area (Å²) in [5.41, 5.74) is 2.77. The summed E-state index contributed by atoms with van der Waals surface area (Å²) >= 11 is 0. The van der Waals surface area contributed by atoms with Gasteiger partial charge in [-0.3, -0.25) is 0 Å². The van der Waals surface area contributed by atoms with Crippen LogP contribution in [0.25, 0.3) is 0 Å². The largest absolute Gasteiger partial charge is 0.508 e. The lowest BCUT2D eigenvalue weighted by atomic mass is 9.84. The van der Waals surface area contributed by atoms with Gasteiger partial charge >= 0.3 is 0 Å². The third kappa shape index (κ3) is 1.20. The van der Waals surface area contributed by atoms with E-state index in [0.29, 0.717) is 11.7 Å². The Kier molecular flexibility index (Phi) is 1.80. The maximum absolute atomic E-state index is 9.31. The molecule has 0 amide bonds. The number of hydrogen-bond acceptors (Lipinski definition) is 1. The molecule has 1 aliphatic carbocycles. The van der Waals surface area contributed by atoms with Crippen LogP contribution in [0, 0.1) is 0 Å². The lowest BCUT2D eigenvalue weighted by Gasteiger charge is -2.21. The van der Waals surface area contributed by atoms with Crippen LogP contribution in [0.1, 0.15) is 36.8 Å². The molecule has 0 fully saturated rings. The number of fused-ring (bicyclic) bond motifs is 1. The summed E-state index contributed by atoms with van der Waals surface area (Å²) in [5.74, 6) is 1.03. The average molecular weight is 162 g/mol. The molecule has 0 bridgehead atoms. The fourth-order valence-electron chi connectivity index (χ4n) is 2.02. The molecule has 1 heteroatoms. The summed E-state index contributed by atoms with van der Waals surface area (Å²) in [5, 5.41) is 9.31. The van der Waals surface area contributed by atoms with Crippen LogP contribution in [-0.2, 0) is 6.42 Å². The lowest BCUT2D eigenvalue weighted by Crippen LogP contribution is -2.06. The quantitative estimate of drug-likeness (QED) is 0.622. The zero-order valence-electron chi connectivity index (χ0n) is 7.38. The summed E-state index contributed by atoms with van der Waals surface area (Å²) in [7, 11) is 0. The molecule has 0 radical (unpaired) electrons. The van der Waals surface area contributed by atoms with E-state index in [-0.39, 0.29) is 0 Å². The third-order valence-corrected chi connectivity index (χ3v) is 2.74. The van der Waals surface area contributed by atoms with Crippen molar-refractivity contribution in [3.05, 3.63) is 29.3 Å². The van der Waals surface area contributed by atoms with Gasteiger partial charge < -0.3 is 5.11 Å². The molecule has 64 valence electrons. The first kappa shape index (κ1) is 7.66. The normalized spacial score (nSPS) is 21.9. The van der Waals surface area contributed by atoms with Crippen molar-refractivity contribution in [2.45, 2.75) is 32.1 Å². The van der Waals surface area contributed by atoms with E-state index in [9.17, 15) is 5.11 Å². The SMILES string of the molecule is C[C@H]1CCCc2ccc(O)cc21. The van der Waals surface area contributed by atoms with Crippen LogP contribution in [0.4, 0.5) is 0 Å². The van der Waals surface area contributed by atoms with Crippen LogP contribution in [0.3, 0.4) is 0 Å². The summed E-state index contributed by atoms with van der Waals surface area (Å²) < 4.78 is 0. The summed E-state index contributed by atoms with van der Waals surface area (Å²) in [6.07, 6.45) is 3.73. The minimum atomic E-state index is 0.405. The van der Waals surface area contributed by atoms with E-state index in [1.807, 2.05) is 6.07 Å². The predicted molar refractivity (Wildman–Crippen MR) is 49.5 cm³/mol. The Morgan fingerprint density at radius 1 is 1.42 bits per heavy atom. The van der Waals surface area contributed by atoms with Gasteiger partial charge in [0.15, 0.2) is 0 Å². The zero-order valence-corrected chi connectivity index (χ0v) is 7.38. The number of aryl methyl sites for hydroxylation is 1. The van der Waals surface area contributed by atoms with Gasteiger partial charge in [-0.05, 0) is 48.4 Å². The highest BCUT2D eigenvalue weighted by molar-refractivity contribution is 5.38. The number of hydrogen-bond donors (Lipinski definition) is 1. The second kappa shape index (κ2) is 2.81. The molecule has 1 aromatic rings. The Labute approximate surface area is 73.0 Å². The number of phenols is 1. The molecule has 1 aromatic carbocycles. The topological polar surface area (TPSA) is 20.2 Å². The minimum Gasteiger partial charge on any atom is -0.508 e. The van der Waals surface area contributed by atoms with E-state index in [4.69, 9.17) is 0 Å². The molecule has 0 unspecified atom stereocenters. The van der Waals surface area contributed by atoms with Gasteiger partial charge in [0.25, 0.3) is 0 Å². The molecule has 1 nitrogen and oxygen atoms in total. The molecule has 0 saturated heterocycles. The van der Waals surface area contributed by atoms with Gasteiger partial charge in [-0.15, -0.1) is 0 Å². The van der Waals surface area contributed by atoms with Gasteiger partial charge in [-0.2, -0.15) is 0 Å². The van der Waals surface area contributed by atoms with E-state index in [1.54, 1.807) is 6.07 Å². The average Bonchev–Trinajstić information content (AvgIpc) is 2.07. The van der Waals surface area contributed by atoms with Crippen LogP contribution >= 0.6 is 0 Å². The predicted octanol–water partition coefficient (Wildman–Crippen LogP) is 2.83. The van der Waals surface area contributed by atoms with Crippen LogP contribution in [0.5, 0.6) is 5.75 Å². The maximum atomic E-state index is 9.31. The molecule has 0 spiro atoms. The Hall–Kier alpha value is -0.980. The number of benzene rings is 1. The van der Waals surface area contributed by atoms with Crippen molar-refractivity contribution in [2.75, 3.05) is 0 Å². The van der Waals surface area contributed by atoms with Crippen molar-refractivity contribution < 1.29 is 5.11 Å². The Morgan fingerprint density at radius 3 is 3.08 bits per heavy atom. The molecule has 12 heavy (non-hydrogen) atoms. The first-order valence-corrected chi connectivity index (χ1v) is 4.59. The van der Waals surface area contributed by atoms with Gasteiger partial charge in [-0.25, -0.2) is 0 Å². The van der Waals surface area contributed by atoms with Gasteiger partial charge in [-0.1, -0.05) is 13.0 Å². The second-order valence-electron chi connectivity index (χ2n) is 3.68. The van der Waals surface area contributed by atoms with E-state index in [1.165, 1.54) is 30.4 Å². The number of phenolic OH excluding ortho intramolecular Hbond substituents is 1. The molecule has 0 aromatic heterocycles. The van der Waals surface area contributed by atoms with E-state index < -0.39 is 0 Å². The number of aromatic hydroxyl groups is 1. The summed E-state index contributed by atoms with van der Waals surface area (Å²) in [6, 6.07) is 5.76. The highest BCUT2D eigenvalue weighted by atomic mass is 16.3. The van der Waals surface area contributed by atoms with Crippen molar-refractivity contribution in [2.24, 2.45) is 0 Å². The molecule has 0 saturated carbocycles. The van der Waals surface area contributed by atoms with Crippen molar-refractivity contribution >= 4 is 0 Å². The van der Waals surface area contributed by atoms with Crippen LogP contribution in [0.15, 0.2) is 18.2 Å². The summed E-state index contributed by atoms with van der Waals surface area (Å²) in [4.78, 5) is 0. The molecular weight excluding hydrogens is 148 g/mol. The van der Waals surface area contributed by atoms with E-state index >= 15 is 0 Å². The smallest absolute Gasteiger partial charge is 0.115 e. The van der Waals surface area contributed by atoms with Crippen molar-refractivity contribution in [3.8, 4) is 5.75 Å². The van der Waals surface area contributed by atoms with Crippen LogP contribution in [-0.4, -0.2) is 5.11 Å². The minimum absolute atomic E-state index is 0.405. The highest BCUT2D eigenvalue weighted by Crippen LogP contribution is 2.32. The van der Waals surface area contributed by atoms with Crippen molar-refractivity contribution in [1.29, 1.82) is 0 Å². The van der Waals surface area contributed by atoms with Crippen molar-refractivity contribution in [3.63, 3.8) is 0 Å². The molecular formula is C11H14O. The van der Waals surface area contributed by atoms with Crippen LogP contribution < -0.4 is 0 Å². The third-order valence-electron chi connectivity index (χ3n) is 2.74. The fourth-order valence-corrected chi connectivity index (χ4v) is 2.02. The first-order valence-electron chi connectivity index (χ1n) is 4.59. The Balaban J connectivity index is 2.47. The van der Waals surface area contributed by atoms with Crippen molar-refractivity contribution in [1.82, 2.24) is 0 Å². The Morgan fingerprint density at radius 2 is 2.25 bits per heavy atom. The van der Waals surface area contributed by atoms with Crippen LogP contribution in [0.2, 0.25) is 0 Å². The van der Waals surface area contributed by atoms with Gasteiger partial charge in [0, 0.05) is 0 Å². The van der Waals surface area contributed by atoms with E-state index in [2.05, 4.69) is 13.0 Å². The van der Waals surface area contributed by atoms with Gasteiger partial charge in [0.2, 0.25) is 0 Å². The molecule has 1 aliphatic rings. The summed E-state index contributed by atoms with van der Waals surface area (Å²) in [6.45, 7) is 2.23. The Bertz CT molecular complexity index is 291. The fraction of sp³-hybridized carbons (Fsp3) is 0.455. The lowest BCUT2D eigenvalue weighted by molar-refractivity contribution is 0.471. The molecule has 0 aliphatic heterocycles. The molecule has 1 atom stereocenters. The molecule has 0 heterocycles. The maximum Gasteiger partial charge on any atom is 0.115 e. The first-order chi connectivity index (χ1) is 5.77. The second-order valence-corrected chi connectivity index (χ2v) is 3.68. The van der Waals surface area contributed by atoms with E-state index in [0.717, 1.165) is 0 Å². The molecule has 2 rings (SSSR count). The highest BCUT2D eigenvalue weighted by Gasteiger charge is 2.15. The monoisotopic (exact) mass is 162 g/mol. The zero-order chi connectivity index (χ0) is 8.55. The molecule has 1 N–H and O–H groups in total. The number of rotatable bonds is 0.